The summed E-state index contributed by atoms with van der Waals surface area (Å²) in [5.74, 6) is 0. The molecule has 3 heteroatoms. The van der Waals surface area contributed by atoms with E-state index in [1.54, 1.807) is 22.7 Å². The maximum atomic E-state index is 6.88. The van der Waals surface area contributed by atoms with Gasteiger partial charge in [-0.2, -0.15) is 0 Å². The first-order valence-electron chi connectivity index (χ1n) is 17.2. The lowest BCUT2D eigenvalue weighted by Crippen LogP contribution is -1.90. The molecule has 3 heterocycles. The third-order valence-corrected chi connectivity index (χ3v) is 12.2. The summed E-state index contributed by atoms with van der Waals surface area (Å²) in [6.07, 6.45) is 0. The van der Waals surface area contributed by atoms with E-state index in [1.165, 1.54) is 80.7 Å². The fraction of sp³-hybridized carbons (Fsp3) is 0. The van der Waals surface area contributed by atoms with Gasteiger partial charge in [0.15, 0.2) is 0 Å². The van der Waals surface area contributed by atoms with Gasteiger partial charge in [-0.1, -0.05) is 133 Å². The van der Waals surface area contributed by atoms with Gasteiger partial charge in [0.2, 0.25) is 0 Å². The molecule has 11 rings (SSSR count). The number of hydrogen-bond acceptors (Lipinski definition) is 3. The molecule has 238 valence electrons. The Morgan fingerprint density at radius 1 is 0.333 bits per heavy atom. The molecule has 8 aromatic carbocycles. The van der Waals surface area contributed by atoms with Gasteiger partial charge >= 0.3 is 0 Å². The quantitative estimate of drug-likeness (QED) is 0.168. The highest BCUT2D eigenvalue weighted by Crippen LogP contribution is 2.49. The molecule has 0 N–H and O–H groups in total. The number of furan rings is 1. The number of benzene rings is 8. The summed E-state index contributed by atoms with van der Waals surface area (Å²) < 4.78 is 6.88. The zero-order valence-corrected chi connectivity index (χ0v) is 29.0. The topological polar surface area (TPSA) is 13.1 Å². The van der Waals surface area contributed by atoms with Crippen molar-refractivity contribution in [2.45, 2.75) is 0 Å². The van der Waals surface area contributed by atoms with Crippen molar-refractivity contribution < 1.29 is 4.42 Å². The Morgan fingerprint density at radius 2 is 0.784 bits per heavy atom. The smallest absolute Gasteiger partial charge is 0.143 e. The Morgan fingerprint density at radius 3 is 1.25 bits per heavy atom. The summed E-state index contributed by atoms with van der Waals surface area (Å²) in [4.78, 5) is 2.58. The van der Waals surface area contributed by atoms with E-state index in [-0.39, 0.29) is 0 Å². The van der Waals surface area contributed by atoms with Gasteiger partial charge in [-0.3, -0.25) is 0 Å². The van der Waals surface area contributed by atoms with E-state index >= 15 is 0 Å². The molecule has 0 aliphatic rings. The first-order chi connectivity index (χ1) is 25.3. The average molecular weight is 685 g/mol. The highest BCUT2D eigenvalue weighted by molar-refractivity contribution is 7.14. The zero-order chi connectivity index (χ0) is 33.5. The molecule has 3 aromatic heterocycles. The van der Waals surface area contributed by atoms with Crippen molar-refractivity contribution >= 4 is 87.7 Å². The van der Waals surface area contributed by atoms with Crippen molar-refractivity contribution in [2.24, 2.45) is 0 Å². The Hall–Kier alpha value is -6.00. The zero-order valence-electron chi connectivity index (χ0n) is 27.4. The maximum Gasteiger partial charge on any atom is 0.143 e. The maximum absolute atomic E-state index is 6.88. The van der Waals surface area contributed by atoms with Gasteiger partial charge in [-0.15, -0.1) is 22.7 Å². The molecule has 0 saturated carbocycles. The van der Waals surface area contributed by atoms with Gasteiger partial charge in [0.25, 0.3) is 0 Å². The van der Waals surface area contributed by atoms with E-state index in [0.717, 1.165) is 27.5 Å². The van der Waals surface area contributed by atoms with Crippen LogP contribution in [0.25, 0.3) is 108 Å². The molecule has 0 aliphatic heterocycles. The van der Waals surface area contributed by atoms with E-state index in [9.17, 15) is 0 Å². The van der Waals surface area contributed by atoms with Gasteiger partial charge in [-0.05, 0) is 89.2 Å². The van der Waals surface area contributed by atoms with Gasteiger partial charge in [0, 0.05) is 42.8 Å². The van der Waals surface area contributed by atoms with Crippen molar-refractivity contribution in [1.29, 1.82) is 0 Å². The van der Waals surface area contributed by atoms with Gasteiger partial charge in [0.05, 0.1) is 0 Å². The molecular formula is C48H28OS2. The van der Waals surface area contributed by atoms with Crippen molar-refractivity contribution in [3.05, 3.63) is 168 Å². The summed E-state index contributed by atoms with van der Waals surface area (Å²) in [6.45, 7) is 0. The van der Waals surface area contributed by atoms with Crippen LogP contribution in [0.3, 0.4) is 0 Å². The molecule has 0 unspecified atom stereocenters. The van der Waals surface area contributed by atoms with Gasteiger partial charge in [0.1, 0.15) is 11.2 Å². The minimum absolute atomic E-state index is 0.897. The summed E-state index contributed by atoms with van der Waals surface area (Å²) in [6, 6.07) is 57.6. The first-order valence-corrected chi connectivity index (χ1v) is 19.0. The summed E-state index contributed by atoms with van der Waals surface area (Å²) in [7, 11) is 0. The molecule has 51 heavy (non-hydrogen) atoms. The van der Waals surface area contributed by atoms with Crippen molar-refractivity contribution in [3.8, 4) is 43.1 Å². The molecule has 11 aromatic rings. The van der Waals surface area contributed by atoms with Crippen LogP contribution in [-0.2, 0) is 0 Å². The van der Waals surface area contributed by atoms with E-state index in [0.29, 0.717) is 0 Å². The average Bonchev–Trinajstić information content (AvgIpc) is 3.98. The molecule has 0 spiro atoms. The second kappa shape index (κ2) is 11.3. The van der Waals surface area contributed by atoms with Crippen LogP contribution in [0, 0.1) is 0 Å². The fourth-order valence-electron chi connectivity index (χ4n) is 8.38. The molecule has 0 atom stereocenters. The lowest BCUT2D eigenvalue weighted by molar-refractivity contribution is 0.670. The number of fused-ring (bicyclic) bond motifs is 7. The van der Waals surface area contributed by atoms with Crippen LogP contribution in [0.15, 0.2) is 173 Å². The Bertz CT molecular complexity index is 3010. The number of hydrogen-bond donors (Lipinski definition) is 0. The molecule has 0 radical (unpaired) electrons. The van der Waals surface area contributed by atoms with Crippen LogP contribution in [0.5, 0.6) is 0 Å². The minimum Gasteiger partial charge on any atom is -0.455 e. The number of rotatable bonds is 4. The SMILES string of the molecule is c1csc(-c2c3ccccc3c(-c3ccc4oc5c(-c6c7ccccc7c(-c7cccs7)c7ccccc67)cccc5c4c3)c3ccccc23)c1. The Labute approximate surface area is 302 Å². The molecule has 1 nitrogen and oxygen atoms in total. The fourth-order valence-corrected chi connectivity index (χ4v) is 9.98. The molecule has 0 bridgehead atoms. The van der Waals surface area contributed by atoms with Crippen LogP contribution in [-0.4, -0.2) is 0 Å². The largest absolute Gasteiger partial charge is 0.455 e. The second-order valence-corrected chi connectivity index (χ2v) is 15.0. The lowest BCUT2D eigenvalue weighted by Gasteiger charge is -2.17. The highest BCUT2D eigenvalue weighted by Gasteiger charge is 2.22. The van der Waals surface area contributed by atoms with Crippen LogP contribution in [0.2, 0.25) is 0 Å². The summed E-state index contributed by atoms with van der Waals surface area (Å²) >= 11 is 3.60. The van der Waals surface area contributed by atoms with Crippen molar-refractivity contribution in [2.75, 3.05) is 0 Å². The van der Waals surface area contributed by atoms with Crippen molar-refractivity contribution in [1.82, 2.24) is 0 Å². The van der Waals surface area contributed by atoms with E-state index in [1.807, 2.05) is 0 Å². The highest BCUT2D eigenvalue weighted by atomic mass is 32.1. The third kappa shape index (κ3) is 4.26. The van der Waals surface area contributed by atoms with Crippen LogP contribution in [0.1, 0.15) is 0 Å². The molecule has 0 aliphatic carbocycles. The standard InChI is InChI=1S/C48H28OS2/c1-5-16-34-30(12-1)44(31-13-2-6-17-35(31)46(34)42-22-10-26-50-42)29-24-25-41-40(28-29)38-20-9-21-39(48(38)49-41)45-32-14-3-7-18-36(32)47(43-23-11-27-51-43)37-19-8-4-15-33(37)45/h1-28H. The Balaban J connectivity index is 1.19. The van der Waals surface area contributed by atoms with Crippen molar-refractivity contribution in [3.63, 3.8) is 0 Å². The molecule has 0 amide bonds. The predicted octanol–water partition coefficient (Wildman–Crippen LogP) is 15.0. The van der Waals surface area contributed by atoms with Crippen LogP contribution >= 0.6 is 22.7 Å². The summed E-state index contributed by atoms with van der Waals surface area (Å²) in [5.41, 5.74) is 9.21. The number of para-hydroxylation sites is 1. The monoisotopic (exact) mass is 684 g/mol. The summed E-state index contributed by atoms with van der Waals surface area (Å²) in [5, 5.41) is 16.6. The number of thiophene rings is 2. The Kier molecular flexibility index (Phi) is 6.36. The molecular weight excluding hydrogens is 657 g/mol. The van der Waals surface area contributed by atoms with Crippen LogP contribution < -0.4 is 0 Å². The predicted molar refractivity (Wildman–Crippen MR) is 221 cm³/mol. The van der Waals surface area contributed by atoms with E-state index < -0.39 is 0 Å². The van der Waals surface area contributed by atoms with Gasteiger partial charge in [-0.25, -0.2) is 0 Å². The van der Waals surface area contributed by atoms with Gasteiger partial charge < -0.3 is 4.42 Å². The van der Waals surface area contributed by atoms with E-state index in [2.05, 4.69) is 168 Å². The van der Waals surface area contributed by atoms with Crippen LogP contribution in [0.4, 0.5) is 0 Å². The normalized spacial score (nSPS) is 11.9. The van der Waals surface area contributed by atoms with E-state index in [4.69, 9.17) is 4.42 Å². The molecule has 0 saturated heterocycles. The molecule has 0 fully saturated rings. The minimum atomic E-state index is 0.897. The second-order valence-electron chi connectivity index (χ2n) is 13.1. The lowest BCUT2D eigenvalue weighted by atomic mass is 9.87. The third-order valence-electron chi connectivity index (χ3n) is 10.5. The first kappa shape index (κ1) is 28.8.